The van der Waals surface area contributed by atoms with Gasteiger partial charge < -0.3 is 15.7 Å². The fourth-order valence-electron chi connectivity index (χ4n) is 2.15. The lowest BCUT2D eigenvalue weighted by atomic mass is 10.0. The van der Waals surface area contributed by atoms with E-state index in [1.54, 1.807) is 12.1 Å². The summed E-state index contributed by atoms with van der Waals surface area (Å²) in [4.78, 5) is 2.15. The van der Waals surface area contributed by atoms with Crippen LogP contribution in [0.15, 0.2) is 48.5 Å². The monoisotopic (exact) mass is 270 g/mol. The summed E-state index contributed by atoms with van der Waals surface area (Å²) >= 11 is 0. The Morgan fingerprint density at radius 1 is 1.05 bits per heavy atom. The van der Waals surface area contributed by atoms with E-state index in [1.807, 2.05) is 19.2 Å². The molecule has 0 saturated carbocycles. The Hall–Kier alpha value is -2.00. The molecule has 0 saturated heterocycles. The molecule has 0 aliphatic heterocycles. The zero-order valence-electron chi connectivity index (χ0n) is 12.1. The minimum atomic E-state index is 0.0511. The standard InChI is InChI=1S/C17H22N2O/c1-13-3-5-14(6-4-13)17(18)11-12-19(2)15-7-9-16(20)10-8-15/h3-10,17,20H,11-12,18H2,1-2H3. The highest BCUT2D eigenvalue weighted by Crippen LogP contribution is 2.20. The number of aromatic hydroxyl groups is 1. The quantitative estimate of drug-likeness (QED) is 0.877. The Bertz CT molecular complexity index is 482. The molecule has 0 aromatic heterocycles. The molecule has 0 spiro atoms. The normalized spacial score (nSPS) is 12.2. The molecule has 3 N–H and O–H groups in total. The van der Waals surface area contributed by atoms with Gasteiger partial charge in [0.15, 0.2) is 0 Å². The van der Waals surface area contributed by atoms with Crippen LogP contribution in [0.2, 0.25) is 0 Å². The van der Waals surface area contributed by atoms with Crippen LogP contribution in [0.1, 0.15) is 23.6 Å². The summed E-state index contributed by atoms with van der Waals surface area (Å²) in [5, 5.41) is 9.29. The third-order valence-electron chi connectivity index (χ3n) is 3.57. The van der Waals surface area contributed by atoms with Crippen LogP contribution < -0.4 is 10.6 Å². The Labute approximate surface area is 120 Å². The summed E-state index contributed by atoms with van der Waals surface area (Å²) in [6.07, 6.45) is 0.889. The van der Waals surface area contributed by atoms with E-state index < -0.39 is 0 Å². The van der Waals surface area contributed by atoms with Gasteiger partial charge in [-0.3, -0.25) is 0 Å². The first-order chi connectivity index (χ1) is 9.56. The van der Waals surface area contributed by atoms with Crippen LogP contribution in [-0.4, -0.2) is 18.7 Å². The fraction of sp³-hybridized carbons (Fsp3) is 0.294. The van der Waals surface area contributed by atoms with Crippen LogP contribution in [-0.2, 0) is 0 Å². The maximum atomic E-state index is 9.29. The summed E-state index contributed by atoms with van der Waals surface area (Å²) in [6.45, 7) is 2.95. The molecule has 1 unspecified atom stereocenters. The van der Waals surface area contributed by atoms with Crippen molar-refractivity contribution in [2.45, 2.75) is 19.4 Å². The summed E-state index contributed by atoms with van der Waals surface area (Å²) in [5.41, 5.74) is 9.74. The molecule has 106 valence electrons. The van der Waals surface area contributed by atoms with Crippen molar-refractivity contribution in [2.24, 2.45) is 5.73 Å². The van der Waals surface area contributed by atoms with Gasteiger partial charge in [0.25, 0.3) is 0 Å². The van der Waals surface area contributed by atoms with Gasteiger partial charge in [0.2, 0.25) is 0 Å². The SMILES string of the molecule is Cc1ccc(C(N)CCN(C)c2ccc(O)cc2)cc1. The number of hydrogen-bond acceptors (Lipinski definition) is 3. The highest BCUT2D eigenvalue weighted by Gasteiger charge is 2.08. The zero-order valence-corrected chi connectivity index (χ0v) is 12.1. The molecule has 0 bridgehead atoms. The molecule has 20 heavy (non-hydrogen) atoms. The van der Waals surface area contributed by atoms with Crippen LogP contribution >= 0.6 is 0 Å². The van der Waals surface area contributed by atoms with Gasteiger partial charge in [-0.25, -0.2) is 0 Å². The third kappa shape index (κ3) is 3.75. The lowest BCUT2D eigenvalue weighted by Crippen LogP contribution is -2.23. The van der Waals surface area contributed by atoms with Crippen molar-refractivity contribution in [2.75, 3.05) is 18.5 Å². The number of aryl methyl sites for hydroxylation is 1. The third-order valence-corrected chi connectivity index (χ3v) is 3.57. The van der Waals surface area contributed by atoms with Gasteiger partial charge in [0.1, 0.15) is 5.75 Å². The first-order valence-corrected chi connectivity index (χ1v) is 6.88. The van der Waals surface area contributed by atoms with Crippen LogP contribution in [0.3, 0.4) is 0 Å². The zero-order chi connectivity index (χ0) is 14.5. The molecular formula is C17H22N2O. The second-order valence-corrected chi connectivity index (χ2v) is 5.24. The molecule has 1 atom stereocenters. The Kier molecular flexibility index (Phi) is 4.64. The first kappa shape index (κ1) is 14.4. The van der Waals surface area contributed by atoms with E-state index in [0.29, 0.717) is 5.75 Å². The molecule has 0 aliphatic carbocycles. The first-order valence-electron chi connectivity index (χ1n) is 6.88. The average molecular weight is 270 g/mol. The van der Waals surface area contributed by atoms with E-state index in [9.17, 15) is 5.11 Å². The molecule has 0 heterocycles. The lowest BCUT2D eigenvalue weighted by molar-refractivity contribution is 0.475. The number of nitrogens with zero attached hydrogens (tertiary/aromatic N) is 1. The second-order valence-electron chi connectivity index (χ2n) is 5.24. The molecule has 0 aliphatic rings. The molecule has 2 aromatic rings. The summed E-state index contributed by atoms with van der Waals surface area (Å²) in [5.74, 6) is 0.290. The van der Waals surface area contributed by atoms with Crippen molar-refractivity contribution >= 4 is 5.69 Å². The number of phenols is 1. The van der Waals surface area contributed by atoms with Gasteiger partial charge in [-0.15, -0.1) is 0 Å². The molecule has 3 nitrogen and oxygen atoms in total. The predicted octanol–water partition coefficient (Wildman–Crippen LogP) is 3.23. The molecule has 0 amide bonds. The van der Waals surface area contributed by atoms with Crippen LogP contribution in [0.5, 0.6) is 5.75 Å². The van der Waals surface area contributed by atoms with Crippen molar-refractivity contribution in [1.82, 2.24) is 0 Å². The second kappa shape index (κ2) is 6.44. The van der Waals surface area contributed by atoms with Crippen LogP contribution in [0.4, 0.5) is 5.69 Å². The number of rotatable bonds is 5. The van der Waals surface area contributed by atoms with Gasteiger partial charge in [0.05, 0.1) is 0 Å². The number of hydrogen-bond donors (Lipinski definition) is 2. The predicted molar refractivity (Wildman–Crippen MR) is 84.1 cm³/mol. The van der Waals surface area contributed by atoms with E-state index in [0.717, 1.165) is 18.7 Å². The maximum absolute atomic E-state index is 9.29. The highest BCUT2D eigenvalue weighted by atomic mass is 16.3. The highest BCUT2D eigenvalue weighted by molar-refractivity contribution is 5.48. The number of phenolic OH excluding ortho intramolecular Hbond substituents is 1. The largest absolute Gasteiger partial charge is 0.508 e. The van der Waals surface area contributed by atoms with Gasteiger partial charge >= 0.3 is 0 Å². The van der Waals surface area contributed by atoms with Gasteiger partial charge in [0, 0.05) is 25.3 Å². The number of benzene rings is 2. The summed E-state index contributed by atoms with van der Waals surface area (Å²) < 4.78 is 0. The Morgan fingerprint density at radius 3 is 2.25 bits per heavy atom. The minimum absolute atomic E-state index is 0.0511. The topological polar surface area (TPSA) is 49.5 Å². The van der Waals surface area contributed by atoms with E-state index in [1.165, 1.54) is 11.1 Å². The van der Waals surface area contributed by atoms with Crippen molar-refractivity contribution in [3.63, 3.8) is 0 Å². The van der Waals surface area contributed by atoms with Crippen molar-refractivity contribution in [3.05, 3.63) is 59.7 Å². The average Bonchev–Trinajstić information content (AvgIpc) is 2.46. The van der Waals surface area contributed by atoms with Crippen LogP contribution in [0.25, 0.3) is 0 Å². The fourth-order valence-corrected chi connectivity index (χ4v) is 2.15. The summed E-state index contributed by atoms with van der Waals surface area (Å²) in [6, 6.07) is 15.7. The van der Waals surface area contributed by atoms with Crippen molar-refractivity contribution in [3.8, 4) is 5.75 Å². The van der Waals surface area contributed by atoms with Crippen molar-refractivity contribution < 1.29 is 5.11 Å². The van der Waals surface area contributed by atoms with Gasteiger partial charge in [-0.2, -0.15) is 0 Å². The van der Waals surface area contributed by atoms with E-state index in [-0.39, 0.29) is 6.04 Å². The Morgan fingerprint density at radius 2 is 1.65 bits per heavy atom. The maximum Gasteiger partial charge on any atom is 0.115 e. The van der Waals surface area contributed by atoms with E-state index in [4.69, 9.17) is 5.73 Å². The number of anilines is 1. The molecule has 0 radical (unpaired) electrons. The lowest BCUT2D eigenvalue weighted by Gasteiger charge is -2.21. The molecule has 3 heteroatoms. The van der Waals surface area contributed by atoms with Gasteiger partial charge in [-0.05, 0) is 43.2 Å². The summed E-state index contributed by atoms with van der Waals surface area (Å²) in [7, 11) is 2.04. The molecule has 2 aromatic carbocycles. The smallest absolute Gasteiger partial charge is 0.115 e. The molecule has 0 fully saturated rings. The number of nitrogens with two attached hydrogens (primary N) is 1. The molecular weight excluding hydrogens is 248 g/mol. The van der Waals surface area contributed by atoms with E-state index >= 15 is 0 Å². The van der Waals surface area contributed by atoms with E-state index in [2.05, 4.69) is 36.1 Å². The van der Waals surface area contributed by atoms with Crippen LogP contribution in [0, 0.1) is 6.92 Å². The molecule has 2 rings (SSSR count). The van der Waals surface area contributed by atoms with Crippen molar-refractivity contribution in [1.29, 1.82) is 0 Å². The minimum Gasteiger partial charge on any atom is -0.508 e. The van der Waals surface area contributed by atoms with Gasteiger partial charge in [-0.1, -0.05) is 29.8 Å². The Balaban J connectivity index is 1.91.